The topological polar surface area (TPSA) is 37.3 Å². The summed E-state index contributed by atoms with van der Waals surface area (Å²) in [5, 5.41) is 10.1. The van der Waals surface area contributed by atoms with Crippen LogP contribution in [0.4, 0.5) is 0 Å². The minimum Gasteiger partial charge on any atom is -0.395 e. The molecule has 62 valence electrons. The lowest BCUT2D eigenvalue weighted by atomic mass is 10.0. The first-order valence-electron chi connectivity index (χ1n) is 3.83. The summed E-state index contributed by atoms with van der Waals surface area (Å²) < 4.78 is 0. The molecule has 2 nitrogen and oxygen atoms in total. The van der Waals surface area contributed by atoms with Crippen LogP contribution in [0.1, 0.15) is 11.5 Å². The number of carbonyl (C=O) groups excluding carboxylic acids is 1. The SMILES string of the molecule is O=C1Pc2ccccc2C1CO. The Morgan fingerprint density at radius 3 is 2.92 bits per heavy atom. The maximum absolute atomic E-state index is 11.3. The van der Waals surface area contributed by atoms with Crippen molar-refractivity contribution in [1.82, 2.24) is 0 Å². The van der Waals surface area contributed by atoms with Crippen LogP contribution in [-0.2, 0) is 4.79 Å². The molecular formula is C9H9O2P. The molecule has 1 heterocycles. The first-order chi connectivity index (χ1) is 5.83. The van der Waals surface area contributed by atoms with Gasteiger partial charge >= 0.3 is 0 Å². The summed E-state index contributed by atoms with van der Waals surface area (Å²) in [5.41, 5.74) is 1.18. The quantitative estimate of drug-likeness (QED) is 0.643. The van der Waals surface area contributed by atoms with E-state index in [0.29, 0.717) is 0 Å². The van der Waals surface area contributed by atoms with E-state index in [4.69, 9.17) is 5.11 Å². The van der Waals surface area contributed by atoms with Crippen LogP contribution in [0.3, 0.4) is 0 Å². The van der Waals surface area contributed by atoms with Crippen molar-refractivity contribution >= 4 is 19.4 Å². The molecule has 12 heavy (non-hydrogen) atoms. The van der Waals surface area contributed by atoms with Gasteiger partial charge in [-0.15, -0.1) is 0 Å². The molecule has 0 bridgehead atoms. The van der Waals surface area contributed by atoms with Crippen LogP contribution in [0.2, 0.25) is 0 Å². The summed E-state index contributed by atoms with van der Waals surface area (Å²) >= 11 is 0. The van der Waals surface area contributed by atoms with E-state index in [2.05, 4.69) is 0 Å². The van der Waals surface area contributed by atoms with Gasteiger partial charge in [-0.3, -0.25) is 4.79 Å². The van der Waals surface area contributed by atoms with E-state index in [1.165, 1.54) is 0 Å². The van der Waals surface area contributed by atoms with Crippen molar-refractivity contribution in [3.8, 4) is 0 Å². The highest BCUT2D eigenvalue weighted by atomic mass is 31.1. The predicted octanol–water partition coefficient (Wildman–Crippen LogP) is 0.606. The fourth-order valence-electron chi connectivity index (χ4n) is 1.46. The normalized spacial score (nSPS) is 23.1. The number of aliphatic hydroxyl groups is 1. The lowest BCUT2D eigenvalue weighted by Gasteiger charge is -2.03. The Balaban J connectivity index is 2.47. The van der Waals surface area contributed by atoms with Crippen molar-refractivity contribution in [3.63, 3.8) is 0 Å². The number of hydrogen-bond acceptors (Lipinski definition) is 2. The van der Waals surface area contributed by atoms with Gasteiger partial charge in [0.05, 0.1) is 12.5 Å². The maximum Gasteiger partial charge on any atom is 0.165 e. The van der Waals surface area contributed by atoms with Crippen molar-refractivity contribution in [2.24, 2.45) is 0 Å². The van der Waals surface area contributed by atoms with Crippen molar-refractivity contribution in [3.05, 3.63) is 29.8 Å². The number of aliphatic hydroxyl groups excluding tert-OH is 1. The summed E-state index contributed by atoms with van der Waals surface area (Å²) in [7, 11) is 0.242. The average molecular weight is 180 g/mol. The number of hydrogen-bond donors (Lipinski definition) is 1. The van der Waals surface area contributed by atoms with Crippen LogP contribution in [0.5, 0.6) is 0 Å². The molecule has 1 aromatic rings. The maximum atomic E-state index is 11.3. The summed E-state index contributed by atoms with van der Waals surface area (Å²) in [4.78, 5) is 11.3. The molecule has 1 aliphatic heterocycles. The first-order valence-corrected chi connectivity index (χ1v) is 4.83. The fourth-order valence-corrected chi connectivity index (χ4v) is 2.72. The smallest absolute Gasteiger partial charge is 0.165 e. The van der Waals surface area contributed by atoms with Gasteiger partial charge in [0.1, 0.15) is 0 Å². The third-order valence-electron chi connectivity index (χ3n) is 2.09. The summed E-state index contributed by atoms with van der Waals surface area (Å²) in [6.07, 6.45) is 0. The van der Waals surface area contributed by atoms with Gasteiger partial charge < -0.3 is 5.11 Å². The Hall–Kier alpha value is -0.720. The van der Waals surface area contributed by atoms with Crippen molar-refractivity contribution in [2.75, 3.05) is 6.61 Å². The van der Waals surface area contributed by atoms with Crippen molar-refractivity contribution in [2.45, 2.75) is 5.92 Å². The number of fused-ring (bicyclic) bond motifs is 1. The zero-order valence-corrected chi connectivity index (χ0v) is 7.45. The largest absolute Gasteiger partial charge is 0.395 e. The highest BCUT2D eigenvalue weighted by Crippen LogP contribution is 2.34. The molecule has 0 radical (unpaired) electrons. The van der Waals surface area contributed by atoms with Gasteiger partial charge in [0.25, 0.3) is 0 Å². The lowest BCUT2D eigenvalue weighted by Crippen LogP contribution is -2.08. The molecule has 2 unspecified atom stereocenters. The van der Waals surface area contributed by atoms with E-state index in [0.717, 1.165) is 10.9 Å². The van der Waals surface area contributed by atoms with Gasteiger partial charge in [0.15, 0.2) is 5.52 Å². The van der Waals surface area contributed by atoms with Gasteiger partial charge in [-0.05, 0) is 19.4 Å². The summed E-state index contributed by atoms with van der Waals surface area (Å²) in [6, 6.07) is 7.72. The molecule has 0 aliphatic carbocycles. The Morgan fingerprint density at radius 2 is 2.17 bits per heavy atom. The van der Waals surface area contributed by atoms with Crippen LogP contribution in [0.25, 0.3) is 0 Å². The second kappa shape index (κ2) is 2.96. The molecule has 0 saturated carbocycles. The average Bonchev–Trinajstić information content (AvgIpc) is 2.40. The van der Waals surface area contributed by atoms with Crippen molar-refractivity contribution < 1.29 is 9.90 Å². The molecule has 0 fully saturated rings. The summed E-state index contributed by atoms with van der Waals surface area (Å²) in [6.45, 7) is -0.0527. The number of benzene rings is 1. The Kier molecular flexibility index (Phi) is 1.95. The summed E-state index contributed by atoms with van der Waals surface area (Å²) in [5.74, 6) is -0.250. The number of rotatable bonds is 1. The molecule has 3 heteroatoms. The van der Waals surface area contributed by atoms with Gasteiger partial charge in [0.2, 0.25) is 0 Å². The Bertz CT molecular complexity index is 322. The van der Waals surface area contributed by atoms with E-state index in [-0.39, 0.29) is 26.6 Å². The highest BCUT2D eigenvalue weighted by molar-refractivity contribution is 7.66. The van der Waals surface area contributed by atoms with Crippen LogP contribution in [0.15, 0.2) is 24.3 Å². The van der Waals surface area contributed by atoms with Crippen molar-refractivity contribution in [1.29, 1.82) is 0 Å². The van der Waals surface area contributed by atoms with Crippen LogP contribution >= 0.6 is 8.58 Å². The lowest BCUT2D eigenvalue weighted by molar-refractivity contribution is -0.113. The van der Waals surface area contributed by atoms with Gasteiger partial charge in [-0.1, -0.05) is 24.3 Å². The van der Waals surface area contributed by atoms with E-state index in [9.17, 15) is 4.79 Å². The van der Waals surface area contributed by atoms with Crippen LogP contribution in [-0.4, -0.2) is 17.2 Å². The minimum atomic E-state index is -0.250. The zero-order chi connectivity index (χ0) is 8.55. The van der Waals surface area contributed by atoms with E-state index >= 15 is 0 Å². The van der Waals surface area contributed by atoms with Gasteiger partial charge in [-0.25, -0.2) is 0 Å². The minimum absolute atomic E-state index is 0.0527. The molecule has 1 aliphatic rings. The second-order valence-electron chi connectivity index (χ2n) is 2.81. The highest BCUT2D eigenvalue weighted by Gasteiger charge is 2.29. The van der Waals surface area contributed by atoms with Gasteiger partial charge in [-0.2, -0.15) is 0 Å². The van der Waals surface area contributed by atoms with Crippen LogP contribution < -0.4 is 5.30 Å². The van der Waals surface area contributed by atoms with Gasteiger partial charge in [0, 0.05) is 0 Å². The van der Waals surface area contributed by atoms with E-state index < -0.39 is 0 Å². The molecule has 0 amide bonds. The molecule has 0 saturated heterocycles. The molecule has 1 aromatic carbocycles. The fraction of sp³-hybridized carbons (Fsp3) is 0.222. The molecular weight excluding hydrogens is 171 g/mol. The molecule has 2 rings (SSSR count). The standard InChI is InChI=1S/C9H9O2P/c10-5-7-6-3-1-2-4-8(6)12-9(7)11/h1-4,7,10,12H,5H2. The Labute approximate surface area is 72.4 Å². The monoisotopic (exact) mass is 180 g/mol. The first kappa shape index (κ1) is 7.90. The van der Waals surface area contributed by atoms with Crippen LogP contribution in [0, 0.1) is 0 Å². The third kappa shape index (κ3) is 1.08. The molecule has 0 spiro atoms. The third-order valence-corrected chi connectivity index (χ3v) is 3.41. The van der Waals surface area contributed by atoms with E-state index in [1.807, 2.05) is 24.3 Å². The molecule has 1 N–H and O–H groups in total. The zero-order valence-electron chi connectivity index (χ0n) is 6.45. The molecule has 2 atom stereocenters. The molecule has 0 aromatic heterocycles. The predicted molar refractivity (Wildman–Crippen MR) is 49.2 cm³/mol. The second-order valence-corrected chi connectivity index (χ2v) is 4.09. The van der Waals surface area contributed by atoms with E-state index in [1.54, 1.807) is 0 Å². The Morgan fingerprint density at radius 1 is 1.42 bits per heavy atom. The number of carbonyl (C=O) groups is 1.